The molecule has 3 aliphatic rings. The average Bonchev–Trinajstić information content (AvgIpc) is 3.09. The number of amides is 1. The molecule has 2 heterocycles. The number of aliphatic hydroxyl groups excluding tert-OH is 1. The Bertz CT molecular complexity index is 747. The summed E-state index contributed by atoms with van der Waals surface area (Å²) in [6.07, 6.45) is 2.51. The van der Waals surface area contributed by atoms with Crippen LogP contribution < -0.4 is 5.32 Å². The Morgan fingerprint density at radius 3 is 2.20 bits per heavy atom. The number of hydrogen-bond acceptors (Lipinski definition) is 4. The third-order valence-corrected chi connectivity index (χ3v) is 5.91. The summed E-state index contributed by atoms with van der Waals surface area (Å²) in [4.78, 5) is 12.7. The Kier molecular flexibility index (Phi) is 3.87. The topological polar surface area (TPSA) is 67.8 Å². The molecular formula is C19H22ClNO4. The van der Waals surface area contributed by atoms with Crippen molar-refractivity contribution < 1.29 is 19.4 Å². The van der Waals surface area contributed by atoms with Gasteiger partial charge >= 0.3 is 0 Å². The smallest absolute Gasteiger partial charge is 0.256 e. The summed E-state index contributed by atoms with van der Waals surface area (Å²) < 4.78 is 11.5. The zero-order valence-corrected chi connectivity index (χ0v) is 15.2. The first-order valence-corrected chi connectivity index (χ1v) is 9.05. The van der Waals surface area contributed by atoms with Crippen molar-refractivity contribution in [3.8, 4) is 0 Å². The van der Waals surface area contributed by atoms with Crippen molar-refractivity contribution in [3.63, 3.8) is 0 Å². The van der Waals surface area contributed by atoms with Crippen LogP contribution in [-0.4, -0.2) is 35.6 Å². The summed E-state index contributed by atoms with van der Waals surface area (Å²) in [6.45, 7) is 5.02. The van der Waals surface area contributed by atoms with Gasteiger partial charge in [-0.3, -0.25) is 4.79 Å². The molecule has 1 saturated carbocycles. The number of aliphatic hydroxyl groups is 1. The molecule has 1 aliphatic carbocycles. The summed E-state index contributed by atoms with van der Waals surface area (Å²) in [5, 5.41) is 14.7. The van der Waals surface area contributed by atoms with Gasteiger partial charge in [0, 0.05) is 17.9 Å². The van der Waals surface area contributed by atoms with Gasteiger partial charge in [-0.05, 0) is 55.5 Å². The first kappa shape index (κ1) is 16.9. The maximum atomic E-state index is 12.7. The molecule has 1 saturated heterocycles. The monoisotopic (exact) mass is 363 g/mol. The molecule has 0 aromatic heterocycles. The van der Waals surface area contributed by atoms with Gasteiger partial charge in [-0.2, -0.15) is 0 Å². The molecule has 5 nitrogen and oxygen atoms in total. The van der Waals surface area contributed by atoms with Crippen molar-refractivity contribution in [3.05, 3.63) is 39.6 Å². The van der Waals surface area contributed by atoms with Gasteiger partial charge in [-0.15, -0.1) is 0 Å². The highest BCUT2D eigenvalue weighted by Crippen LogP contribution is 2.47. The molecule has 2 N–H and O–H groups in total. The SMILES string of the molecule is Cc1cc(Cl)cc(C)c1C1=C(O)C2(CCC3(CC2)OCCO3)NC1=O. The van der Waals surface area contributed by atoms with Crippen LogP contribution in [0.5, 0.6) is 0 Å². The van der Waals surface area contributed by atoms with E-state index in [9.17, 15) is 9.90 Å². The molecule has 25 heavy (non-hydrogen) atoms. The van der Waals surface area contributed by atoms with E-state index in [1.165, 1.54) is 0 Å². The number of aryl methyl sites for hydroxylation is 2. The van der Waals surface area contributed by atoms with Gasteiger partial charge < -0.3 is 19.9 Å². The highest BCUT2D eigenvalue weighted by atomic mass is 35.5. The molecule has 2 fully saturated rings. The largest absolute Gasteiger partial charge is 0.509 e. The van der Waals surface area contributed by atoms with E-state index >= 15 is 0 Å². The number of benzene rings is 1. The number of carbonyl (C=O) groups excluding carboxylic acids is 1. The number of ether oxygens (including phenoxy) is 2. The van der Waals surface area contributed by atoms with Gasteiger partial charge in [0.1, 0.15) is 5.76 Å². The van der Waals surface area contributed by atoms with Gasteiger partial charge in [0.15, 0.2) is 5.79 Å². The molecule has 4 rings (SSSR count). The van der Waals surface area contributed by atoms with Crippen LogP contribution >= 0.6 is 11.6 Å². The van der Waals surface area contributed by atoms with Crippen molar-refractivity contribution in [2.75, 3.05) is 13.2 Å². The Labute approximate surface area is 152 Å². The molecule has 2 spiro atoms. The zero-order valence-electron chi connectivity index (χ0n) is 14.4. The molecule has 1 amide bonds. The van der Waals surface area contributed by atoms with Gasteiger partial charge in [0.05, 0.1) is 24.3 Å². The Morgan fingerprint density at radius 1 is 1.08 bits per heavy atom. The van der Waals surface area contributed by atoms with E-state index in [0.717, 1.165) is 16.7 Å². The predicted molar refractivity (Wildman–Crippen MR) is 94.5 cm³/mol. The molecule has 1 aromatic rings. The fraction of sp³-hybridized carbons (Fsp3) is 0.526. The minimum absolute atomic E-state index is 0.138. The average molecular weight is 364 g/mol. The normalized spacial score (nSPS) is 24.4. The van der Waals surface area contributed by atoms with Crippen LogP contribution in [0.1, 0.15) is 42.4 Å². The van der Waals surface area contributed by atoms with Gasteiger partial charge in [0.25, 0.3) is 5.91 Å². The summed E-state index contributed by atoms with van der Waals surface area (Å²) in [5.74, 6) is -0.625. The molecule has 0 unspecified atom stereocenters. The zero-order chi connectivity index (χ0) is 17.8. The van der Waals surface area contributed by atoms with Crippen LogP contribution in [0.4, 0.5) is 0 Å². The number of hydrogen-bond donors (Lipinski definition) is 2. The first-order valence-electron chi connectivity index (χ1n) is 8.67. The number of nitrogens with one attached hydrogen (secondary N) is 1. The predicted octanol–water partition coefficient (Wildman–Crippen LogP) is 3.41. The van der Waals surface area contributed by atoms with Gasteiger partial charge in [-0.25, -0.2) is 0 Å². The molecule has 0 bridgehead atoms. The van der Waals surface area contributed by atoms with Gasteiger partial charge in [0.2, 0.25) is 0 Å². The number of halogens is 1. The Hall–Kier alpha value is -1.56. The lowest BCUT2D eigenvalue weighted by Gasteiger charge is -2.41. The second kappa shape index (κ2) is 5.73. The van der Waals surface area contributed by atoms with Crippen LogP contribution in [0.3, 0.4) is 0 Å². The highest BCUT2D eigenvalue weighted by molar-refractivity contribution is 6.31. The second-order valence-electron chi connectivity index (χ2n) is 7.28. The molecule has 2 aliphatic heterocycles. The molecule has 0 radical (unpaired) electrons. The Morgan fingerprint density at radius 2 is 1.64 bits per heavy atom. The highest BCUT2D eigenvalue weighted by Gasteiger charge is 2.53. The summed E-state index contributed by atoms with van der Waals surface area (Å²) in [6, 6.07) is 3.64. The van der Waals surface area contributed by atoms with Crippen LogP contribution in [0.2, 0.25) is 5.02 Å². The summed E-state index contributed by atoms with van der Waals surface area (Å²) in [5.41, 5.74) is 2.19. The first-order chi connectivity index (χ1) is 11.9. The van der Waals surface area contributed by atoms with E-state index in [1.807, 2.05) is 26.0 Å². The Balaban J connectivity index is 1.71. The van der Waals surface area contributed by atoms with Gasteiger partial charge in [-0.1, -0.05) is 11.6 Å². The summed E-state index contributed by atoms with van der Waals surface area (Å²) >= 11 is 6.11. The van der Waals surface area contributed by atoms with Crippen LogP contribution in [0.25, 0.3) is 5.57 Å². The van der Waals surface area contributed by atoms with E-state index in [4.69, 9.17) is 21.1 Å². The van der Waals surface area contributed by atoms with E-state index in [-0.39, 0.29) is 11.7 Å². The van der Waals surface area contributed by atoms with Crippen molar-refractivity contribution >= 4 is 23.1 Å². The molecule has 1 aromatic carbocycles. The van der Waals surface area contributed by atoms with Crippen LogP contribution in [-0.2, 0) is 14.3 Å². The lowest BCUT2D eigenvalue weighted by Crippen LogP contribution is -2.51. The van der Waals surface area contributed by atoms with Crippen molar-refractivity contribution in [2.45, 2.75) is 50.9 Å². The summed E-state index contributed by atoms with van der Waals surface area (Å²) in [7, 11) is 0. The van der Waals surface area contributed by atoms with Crippen LogP contribution in [0.15, 0.2) is 17.9 Å². The lowest BCUT2D eigenvalue weighted by atomic mass is 9.77. The second-order valence-corrected chi connectivity index (χ2v) is 7.72. The maximum Gasteiger partial charge on any atom is 0.256 e. The van der Waals surface area contributed by atoms with E-state index < -0.39 is 11.3 Å². The standard InChI is InChI=1S/C19H22ClNO4/c1-11-9-13(20)10-12(2)14(11)15-16(22)18(21-17(15)23)3-5-19(6-4-18)24-7-8-25-19/h9-10,22H,3-8H2,1-2H3,(H,21,23). The minimum Gasteiger partial charge on any atom is -0.509 e. The van der Waals surface area contributed by atoms with E-state index in [2.05, 4.69) is 5.32 Å². The molecule has 0 atom stereocenters. The van der Waals surface area contributed by atoms with E-state index in [1.54, 1.807) is 0 Å². The fourth-order valence-electron chi connectivity index (χ4n) is 4.43. The minimum atomic E-state index is -0.717. The van der Waals surface area contributed by atoms with Crippen molar-refractivity contribution in [1.29, 1.82) is 0 Å². The van der Waals surface area contributed by atoms with Crippen LogP contribution in [0, 0.1) is 13.8 Å². The number of carbonyl (C=O) groups is 1. The molecule has 134 valence electrons. The van der Waals surface area contributed by atoms with Crippen molar-refractivity contribution in [1.82, 2.24) is 5.32 Å². The van der Waals surface area contributed by atoms with Crippen molar-refractivity contribution in [2.24, 2.45) is 0 Å². The quantitative estimate of drug-likeness (QED) is 0.802. The van der Waals surface area contributed by atoms with E-state index in [0.29, 0.717) is 49.5 Å². The maximum absolute atomic E-state index is 12.7. The number of rotatable bonds is 1. The third kappa shape index (κ3) is 2.57. The third-order valence-electron chi connectivity index (χ3n) is 5.70. The fourth-order valence-corrected chi connectivity index (χ4v) is 4.76. The lowest BCUT2D eigenvalue weighted by molar-refractivity contribution is -0.185. The molecular weight excluding hydrogens is 342 g/mol. The molecule has 6 heteroatoms.